The van der Waals surface area contributed by atoms with Crippen molar-refractivity contribution in [3.8, 4) is 0 Å². The molecule has 3 rings (SSSR count). The van der Waals surface area contributed by atoms with Gasteiger partial charge in [0.25, 0.3) is 0 Å². The summed E-state index contributed by atoms with van der Waals surface area (Å²) in [4.78, 5) is 16.3. The number of carbonyl (C=O) groups excluding carboxylic acids is 1. The number of carbonyl (C=O) groups is 1. The van der Waals surface area contributed by atoms with Gasteiger partial charge in [-0.3, -0.25) is 4.79 Å². The van der Waals surface area contributed by atoms with E-state index in [9.17, 15) is 9.18 Å². The lowest BCUT2D eigenvalue weighted by molar-refractivity contribution is -0.125. The first kappa shape index (κ1) is 12.8. The summed E-state index contributed by atoms with van der Waals surface area (Å²) >= 11 is 0. The standard InChI is InChI=1S/C15H16FN3O/c16-13-3-1-11(2-4-13)8-18-15(20)12-5-6-19-10-17-9-14(19)7-12/h1-4,9-10,12H,5-8H2,(H,18,20). The number of nitrogens with zero attached hydrogens (tertiary/aromatic N) is 2. The van der Waals surface area contributed by atoms with E-state index in [0.29, 0.717) is 6.54 Å². The van der Waals surface area contributed by atoms with Crippen molar-refractivity contribution < 1.29 is 9.18 Å². The maximum absolute atomic E-state index is 12.8. The molecule has 2 heterocycles. The Kier molecular flexibility index (Phi) is 3.50. The van der Waals surface area contributed by atoms with E-state index in [1.807, 2.05) is 12.5 Å². The van der Waals surface area contributed by atoms with Crippen molar-refractivity contribution in [3.63, 3.8) is 0 Å². The molecule has 2 aromatic rings. The van der Waals surface area contributed by atoms with E-state index < -0.39 is 0 Å². The van der Waals surface area contributed by atoms with Gasteiger partial charge in [-0.05, 0) is 24.1 Å². The van der Waals surface area contributed by atoms with Crippen molar-refractivity contribution in [1.82, 2.24) is 14.9 Å². The lowest BCUT2D eigenvalue weighted by Crippen LogP contribution is -2.34. The summed E-state index contributed by atoms with van der Waals surface area (Å²) in [6.45, 7) is 1.28. The molecule has 0 aliphatic carbocycles. The number of amides is 1. The van der Waals surface area contributed by atoms with Gasteiger partial charge in [-0.25, -0.2) is 9.37 Å². The monoisotopic (exact) mass is 273 g/mol. The van der Waals surface area contributed by atoms with Crippen molar-refractivity contribution in [1.29, 1.82) is 0 Å². The smallest absolute Gasteiger partial charge is 0.223 e. The zero-order valence-corrected chi connectivity index (χ0v) is 11.1. The number of aryl methyl sites for hydroxylation is 1. The van der Waals surface area contributed by atoms with Crippen LogP contribution in [0.25, 0.3) is 0 Å². The first-order valence-corrected chi connectivity index (χ1v) is 6.73. The van der Waals surface area contributed by atoms with Crippen molar-refractivity contribution in [2.75, 3.05) is 0 Å². The maximum Gasteiger partial charge on any atom is 0.223 e. The lowest BCUT2D eigenvalue weighted by Gasteiger charge is -2.23. The number of aromatic nitrogens is 2. The van der Waals surface area contributed by atoms with Gasteiger partial charge < -0.3 is 9.88 Å². The van der Waals surface area contributed by atoms with Crippen molar-refractivity contribution in [3.05, 3.63) is 53.9 Å². The molecule has 1 aliphatic rings. The van der Waals surface area contributed by atoms with Crippen LogP contribution in [0, 0.1) is 11.7 Å². The highest BCUT2D eigenvalue weighted by molar-refractivity contribution is 5.79. The highest BCUT2D eigenvalue weighted by atomic mass is 19.1. The third kappa shape index (κ3) is 2.71. The third-order valence-corrected chi connectivity index (χ3v) is 3.72. The minimum absolute atomic E-state index is 0.000326. The molecule has 1 aliphatic heterocycles. The summed E-state index contributed by atoms with van der Waals surface area (Å²) < 4.78 is 14.9. The van der Waals surface area contributed by atoms with Crippen LogP contribution in [-0.2, 0) is 24.3 Å². The quantitative estimate of drug-likeness (QED) is 0.928. The van der Waals surface area contributed by atoms with Gasteiger partial charge in [0.05, 0.1) is 6.33 Å². The molecule has 5 heteroatoms. The van der Waals surface area contributed by atoms with Gasteiger partial charge in [0.2, 0.25) is 5.91 Å². The van der Waals surface area contributed by atoms with Crippen molar-refractivity contribution in [2.45, 2.75) is 25.9 Å². The molecule has 0 radical (unpaired) electrons. The minimum atomic E-state index is -0.263. The Labute approximate surface area is 116 Å². The first-order valence-electron chi connectivity index (χ1n) is 6.73. The van der Waals surface area contributed by atoms with Crippen LogP contribution in [0.5, 0.6) is 0 Å². The average Bonchev–Trinajstić information content (AvgIpc) is 2.93. The summed E-state index contributed by atoms with van der Waals surface area (Å²) in [7, 11) is 0. The van der Waals surface area contributed by atoms with Gasteiger partial charge in [-0.15, -0.1) is 0 Å². The first-order chi connectivity index (χ1) is 9.72. The second-order valence-electron chi connectivity index (χ2n) is 5.11. The predicted octanol–water partition coefficient (Wildman–Crippen LogP) is 1.90. The van der Waals surface area contributed by atoms with E-state index in [1.54, 1.807) is 12.1 Å². The number of rotatable bonds is 3. The van der Waals surface area contributed by atoms with E-state index in [4.69, 9.17) is 0 Å². The normalized spacial score (nSPS) is 17.6. The Morgan fingerprint density at radius 2 is 2.20 bits per heavy atom. The molecule has 0 saturated carbocycles. The molecule has 1 atom stereocenters. The van der Waals surface area contributed by atoms with Crippen LogP contribution in [0.2, 0.25) is 0 Å². The summed E-state index contributed by atoms with van der Waals surface area (Å²) in [6, 6.07) is 6.18. The summed E-state index contributed by atoms with van der Waals surface area (Å²) in [5.41, 5.74) is 2.01. The molecule has 0 saturated heterocycles. The van der Waals surface area contributed by atoms with Gasteiger partial charge >= 0.3 is 0 Å². The van der Waals surface area contributed by atoms with Crippen LogP contribution in [-0.4, -0.2) is 15.5 Å². The van der Waals surface area contributed by atoms with Crippen LogP contribution in [0.1, 0.15) is 17.7 Å². The van der Waals surface area contributed by atoms with Gasteiger partial charge in [0.1, 0.15) is 5.82 Å². The fraction of sp³-hybridized carbons (Fsp3) is 0.333. The molecular weight excluding hydrogens is 257 g/mol. The predicted molar refractivity (Wildman–Crippen MR) is 72.3 cm³/mol. The highest BCUT2D eigenvalue weighted by Crippen LogP contribution is 2.20. The zero-order chi connectivity index (χ0) is 13.9. The minimum Gasteiger partial charge on any atom is -0.352 e. The van der Waals surface area contributed by atoms with Crippen molar-refractivity contribution in [2.24, 2.45) is 5.92 Å². The topological polar surface area (TPSA) is 46.9 Å². The summed E-state index contributed by atoms with van der Waals surface area (Å²) in [5.74, 6) is -0.206. The Hall–Kier alpha value is -2.17. The van der Waals surface area contributed by atoms with Crippen molar-refractivity contribution >= 4 is 5.91 Å². The Balaban J connectivity index is 1.56. The molecule has 0 bridgehead atoms. The molecule has 0 spiro atoms. The summed E-state index contributed by atoms with van der Waals surface area (Å²) in [5, 5.41) is 2.92. The van der Waals surface area contributed by atoms with Crippen LogP contribution in [0.15, 0.2) is 36.8 Å². The molecule has 20 heavy (non-hydrogen) atoms. The Morgan fingerprint density at radius 1 is 1.40 bits per heavy atom. The Bertz CT molecular complexity index is 606. The molecule has 4 nitrogen and oxygen atoms in total. The highest BCUT2D eigenvalue weighted by Gasteiger charge is 2.24. The number of hydrogen-bond acceptors (Lipinski definition) is 2. The fourth-order valence-corrected chi connectivity index (χ4v) is 2.53. The molecule has 1 aromatic carbocycles. The molecular formula is C15H16FN3O. The average molecular weight is 273 g/mol. The largest absolute Gasteiger partial charge is 0.352 e. The van der Waals surface area contributed by atoms with E-state index in [2.05, 4.69) is 14.9 Å². The van der Waals surface area contributed by atoms with Gasteiger partial charge in [-0.1, -0.05) is 12.1 Å². The van der Waals surface area contributed by atoms with E-state index >= 15 is 0 Å². The van der Waals surface area contributed by atoms with Gasteiger partial charge in [0.15, 0.2) is 0 Å². The summed E-state index contributed by atoms with van der Waals surface area (Å²) in [6.07, 6.45) is 5.19. The number of hydrogen-bond donors (Lipinski definition) is 1. The second kappa shape index (κ2) is 5.45. The van der Waals surface area contributed by atoms with Gasteiger partial charge in [-0.2, -0.15) is 0 Å². The van der Waals surface area contributed by atoms with Crippen LogP contribution < -0.4 is 5.32 Å². The van der Waals surface area contributed by atoms with Crippen LogP contribution in [0.3, 0.4) is 0 Å². The number of benzene rings is 1. The van der Waals surface area contributed by atoms with E-state index in [0.717, 1.165) is 30.6 Å². The van der Waals surface area contributed by atoms with Gasteiger partial charge in [0, 0.05) is 37.3 Å². The van der Waals surface area contributed by atoms with E-state index in [-0.39, 0.29) is 17.6 Å². The second-order valence-corrected chi connectivity index (χ2v) is 5.11. The van der Waals surface area contributed by atoms with E-state index in [1.165, 1.54) is 12.1 Å². The number of nitrogens with one attached hydrogen (secondary N) is 1. The maximum atomic E-state index is 12.8. The third-order valence-electron chi connectivity index (χ3n) is 3.72. The number of imidazole rings is 1. The molecule has 104 valence electrons. The number of fused-ring (bicyclic) bond motifs is 1. The lowest BCUT2D eigenvalue weighted by atomic mass is 9.95. The SMILES string of the molecule is O=C(NCc1ccc(F)cc1)C1CCn2cncc2C1. The molecule has 1 unspecified atom stereocenters. The number of halogens is 1. The zero-order valence-electron chi connectivity index (χ0n) is 11.1. The molecule has 1 aromatic heterocycles. The Morgan fingerprint density at radius 3 is 3.00 bits per heavy atom. The van der Waals surface area contributed by atoms with Crippen LogP contribution >= 0.6 is 0 Å². The molecule has 1 amide bonds. The molecule has 0 fully saturated rings. The molecule has 1 N–H and O–H groups in total. The van der Waals surface area contributed by atoms with Crippen LogP contribution in [0.4, 0.5) is 4.39 Å². The fourth-order valence-electron chi connectivity index (χ4n) is 2.53.